The first kappa shape index (κ1) is 14.8. The van der Waals surface area contributed by atoms with Crippen LogP contribution >= 0.6 is 0 Å². The fraction of sp³-hybridized carbons (Fsp3) is 0.533. The van der Waals surface area contributed by atoms with Crippen molar-refractivity contribution in [2.45, 2.75) is 13.0 Å². The molecule has 20 heavy (non-hydrogen) atoms. The van der Waals surface area contributed by atoms with Crippen LogP contribution in [0, 0.1) is 5.92 Å². The molecule has 0 aliphatic carbocycles. The molecule has 0 spiro atoms. The lowest BCUT2D eigenvalue weighted by atomic mass is 10.0. The first-order valence-corrected chi connectivity index (χ1v) is 7.01. The molecule has 110 valence electrons. The highest BCUT2D eigenvalue weighted by Gasteiger charge is 2.33. The second kappa shape index (κ2) is 6.72. The molecule has 2 unspecified atom stereocenters. The number of anilines is 2. The van der Waals surface area contributed by atoms with E-state index in [9.17, 15) is 4.79 Å². The molecule has 1 fully saturated rings. The van der Waals surface area contributed by atoms with Gasteiger partial charge in [0.25, 0.3) is 0 Å². The minimum absolute atomic E-state index is 0.0164. The van der Waals surface area contributed by atoms with Crippen LogP contribution in [-0.4, -0.2) is 45.8 Å². The molecule has 0 radical (unpaired) electrons. The van der Waals surface area contributed by atoms with Crippen molar-refractivity contribution < 1.29 is 9.53 Å². The second-order valence-corrected chi connectivity index (χ2v) is 5.21. The number of nitrogens with zero attached hydrogens (tertiary/aromatic N) is 1. The number of para-hydroxylation sites is 2. The fourth-order valence-electron chi connectivity index (χ4n) is 2.47. The quantitative estimate of drug-likeness (QED) is 0.852. The van der Waals surface area contributed by atoms with Gasteiger partial charge >= 0.3 is 0 Å². The van der Waals surface area contributed by atoms with E-state index in [-0.39, 0.29) is 17.9 Å². The Kier molecular flexibility index (Phi) is 4.98. The van der Waals surface area contributed by atoms with Crippen molar-refractivity contribution in [2.75, 3.05) is 44.1 Å². The highest BCUT2D eigenvalue weighted by molar-refractivity contribution is 5.96. The molecule has 2 N–H and O–H groups in total. The third-order valence-electron chi connectivity index (χ3n) is 3.53. The zero-order valence-electron chi connectivity index (χ0n) is 12.3. The Bertz CT molecular complexity index is 462. The van der Waals surface area contributed by atoms with Crippen molar-refractivity contribution in [3.05, 3.63) is 24.3 Å². The molecule has 1 aliphatic heterocycles. The van der Waals surface area contributed by atoms with Crippen LogP contribution in [0.25, 0.3) is 0 Å². The van der Waals surface area contributed by atoms with Gasteiger partial charge < -0.3 is 20.3 Å². The summed E-state index contributed by atoms with van der Waals surface area (Å²) in [5.74, 6) is -0.118. The van der Waals surface area contributed by atoms with E-state index in [1.54, 1.807) is 0 Å². The molecule has 0 bridgehead atoms. The molecule has 2 rings (SSSR count). The zero-order valence-corrected chi connectivity index (χ0v) is 12.3. The summed E-state index contributed by atoms with van der Waals surface area (Å²) in [5, 5.41) is 6.32. The third-order valence-corrected chi connectivity index (χ3v) is 3.53. The maximum Gasteiger partial charge on any atom is 0.231 e. The molecular weight excluding hydrogens is 254 g/mol. The van der Waals surface area contributed by atoms with Crippen LogP contribution in [0.5, 0.6) is 0 Å². The van der Waals surface area contributed by atoms with Gasteiger partial charge in [0.1, 0.15) is 0 Å². The highest BCUT2D eigenvalue weighted by Crippen LogP contribution is 2.25. The fourth-order valence-corrected chi connectivity index (χ4v) is 2.47. The Labute approximate surface area is 120 Å². The minimum atomic E-state index is -0.134. The van der Waals surface area contributed by atoms with Gasteiger partial charge in [0, 0.05) is 20.1 Å². The van der Waals surface area contributed by atoms with E-state index in [1.165, 1.54) is 0 Å². The van der Waals surface area contributed by atoms with E-state index in [0.29, 0.717) is 13.2 Å². The van der Waals surface area contributed by atoms with Gasteiger partial charge in [-0.2, -0.15) is 0 Å². The van der Waals surface area contributed by atoms with Crippen LogP contribution in [0.1, 0.15) is 6.92 Å². The van der Waals surface area contributed by atoms with Crippen molar-refractivity contribution in [2.24, 2.45) is 5.92 Å². The number of rotatable bonds is 5. The Morgan fingerprint density at radius 3 is 2.80 bits per heavy atom. The summed E-state index contributed by atoms with van der Waals surface area (Å²) in [6, 6.07) is 7.90. The summed E-state index contributed by atoms with van der Waals surface area (Å²) in [6.07, 6.45) is 0. The first-order chi connectivity index (χ1) is 9.63. The molecule has 1 heterocycles. The van der Waals surface area contributed by atoms with Crippen molar-refractivity contribution in [3.8, 4) is 0 Å². The molecular formula is C15H23N3O2. The number of likely N-dealkylation sites (N-methyl/N-ethyl adjacent to an activating group) is 1. The average molecular weight is 277 g/mol. The second-order valence-electron chi connectivity index (χ2n) is 5.21. The Morgan fingerprint density at radius 2 is 2.10 bits per heavy atom. The van der Waals surface area contributed by atoms with Gasteiger partial charge in [-0.25, -0.2) is 0 Å². The maximum absolute atomic E-state index is 12.4. The van der Waals surface area contributed by atoms with Crippen molar-refractivity contribution in [1.82, 2.24) is 5.32 Å². The predicted octanol–water partition coefficient (Wildman–Crippen LogP) is 1.32. The number of amides is 1. The summed E-state index contributed by atoms with van der Waals surface area (Å²) >= 11 is 0. The van der Waals surface area contributed by atoms with Gasteiger partial charge in [-0.15, -0.1) is 0 Å². The van der Waals surface area contributed by atoms with Crippen molar-refractivity contribution in [3.63, 3.8) is 0 Å². The van der Waals surface area contributed by atoms with Crippen molar-refractivity contribution in [1.29, 1.82) is 0 Å². The summed E-state index contributed by atoms with van der Waals surface area (Å²) in [7, 11) is 3.93. The Hall–Kier alpha value is -1.59. The summed E-state index contributed by atoms with van der Waals surface area (Å²) in [5.41, 5.74) is 1.84. The molecule has 1 aromatic carbocycles. The molecule has 1 aliphatic rings. The van der Waals surface area contributed by atoms with Crippen LogP contribution in [0.3, 0.4) is 0 Å². The average Bonchev–Trinajstić information content (AvgIpc) is 2.88. The molecule has 1 aromatic rings. The maximum atomic E-state index is 12.4. The summed E-state index contributed by atoms with van der Waals surface area (Å²) in [4.78, 5) is 14.4. The van der Waals surface area contributed by atoms with E-state index in [2.05, 4.69) is 10.6 Å². The third kappa shape index (κ3) is 3.29. The lowest BCUT2D eigenvalue weighted by Crippen LogP contribution is -2.41. The number of carbonyl (C=O) groups excluding carboxylic acids is 1. The number of hydrogen-bond donors (Lipinski definition) is 2. The molecule has 5 heteroatoms. The predicted molar refractivity (Wildman–Crippen MR) is 81.2 cm³/mol. The monoisotopic (exact) mass is 277 g/mol. The SMILES string of the molecule is CCNC1COCC1C(=O)Nc1ccccc1N(C)C. The molecule has 0 aromatic heterocycles. The first-order valence-electron chi connectivity index (χ1n) is 7.01. The highest BCUT2D eigenvalue weighted by atomic mass is 16.5. The smallest absolute Gasteiger partial charge is 0.231 e. The minimum Gasteiger partial charge on any atom is -0.379 e. The number of hydrogen-bond acceptors (Lipinski definition) is 4. The topological polar surface area (TPSA) is 53.6 Å². The molecule has 2 atom stereocenters. The molecule has 5 nitrogen and oxygen atoms in total. The zero-order chi connectivity index (χ0) is 14.5. The largest absolute Gasteiger partial charge is 0.379 e. The van der Waals surface area contributed by atoms with Crippen LogP contribution in [0.2, 0.25) is 0 Å². The Balaban J connectivity index is 2.08. The van der Waals surface area contributed by atoms with E-state index in [0.717, 1.165) is 17.9 Å². The van der Waals surface area contributed by atoms with Gasteiger partial charge in [0.15, 0.2) is 0 Å². The number of nitrogens with one attached hydrogen (secondary N) is 2. The van der Waals surface area contributed by atoms with Gasteiger partial charge in [0.05, 0.1) is 30.5 Å². The van der Waals surface area contributed by atoms with Crippen LogP contribution in [0.15, 0.2) is 24.3 Å². The summed E-state index contributed by atoms with van der Waals surface area (Å²) < 4.78 is 5.43. The van der Waals surface area contributed by atoms with Crippen LogP contribution in [-0.2, 0) is 9.53 Å². The number of ether oxygens (including phenoxy) is 1. The number of carbonyl (C=O) groups is 1. The van der Waals surface area contributed by atoms with Gasteiger partial charge in [-0.1, -0.05) is 19.1 Å². The van der Waals surface area contributed by atoms with E-state index in [1.807, 2.05) is 50.2 Å². The lowest BCUT2D eigenvalue weighted by Gasteiger charge is -2.21. The number of benzene rings is 1. The van der Waals surface area contributed by atoms with Crippen LogP contribution < -0.4 is 15.5 Å². The van der Waals surface area contributed by atoms with Gasteiger partial charge in [-0.3, -0.25) is 4.79 Å². The molecule has 0 saturated carbocycles. The standard InChI is InChI=1S/C15H23N3O2/c1-4-16-13-10-20-9-11(13)15(19)17-12-7-5-6-8-14(12)18(2)3/h5-8,11,13,16H,4,9-10H2,1-3H3,(H,17,19). The van der Waals surface area contributed by atoms with Gasteiger partial charge in [-0.05, 0) is 18.7 Å². The lowest BCUT2D eigenvalue weighted by molar-refractivity contribution is -0.120. The van der Waals surface area contributed by atoms with Crippen molar-refractivity contribution >= 4 is 17.3 Å². The van der Waals surface area contributed by atoms with Crippen LogP contribution in [0.4, 0.5) is 11.4 Å². The van der Waals surface area contributed by atoms with Gasteiger partial charge in [0.2, 0.25) is 5.91 Å². The molecule has 1 amide bonds. The van der Waals surface area contributed by atoms with E-state index in [4.69, 9.17) is 4.74 Å². The normalized spacial score (nSPS) is 21.8. The summed E-state index contributed by atoms with van der Waals surface area (Å²) in [6.45, 7) is 3.95. The molecule has 1 saturated heterocycles. The van der Waals surface area contributed by atoms with E-state index < -0.39 is 0 Å². The Morgan fingerprint density at radius 1 is 1.35 bits per heavy atom. The van der Waals surface area contributed by atoms with E-state index >= 15 is 0 Å².